The minimum Gasteiger partial charge on any atom is -0.351 e. The highest BCUT2D eigenvalue weighted by Crippen LogP contribution is 2.18. The molecule has 0 atom stereocenters. The molecule has 3 rings (SSSR count). The molecule has 0 aliphatic rings. The van der Waals surface area contributed by atoms with E-state index >= 15 is 0 Å². The number of thioether (sulfide) groups is 1. The van der Waals surface area contributed by atoms with Crippen LogP contribution in [-0.2, 0) is 0 Å². The van der Waals surface area contributed by atoms with E-state index in [4.69, 9.17) is 0 Å². The summed E-state index contributed by atoms with van der Waals surface area (Å²) in [4.78, 5) is 17.9. The van der Waals surface area contributed by atoms with E-state index < -0.39 is 0 Å². The zero-order valence-electron chi connectivity index (χ0n) is 14.7. The molecular weight excluding hydrogens is 332 g/mol. The highest BCUT2D eigenvalue weighted by atomic mass is 32.2. The molecule has 5 nitrogen and oxygen atoms in total. The summed E-state index contributed by atoms with van der Waals surface area (Å²) in [7, 11) is 0. The molecule has 3 aromatic rings. The van der Waals surface area contributed by atoms with Gasteiger partial charge in [-0.3, -0.25) is 4.79 Å². The molecule has 2 aromatic heterocycles. The number of aromatic nitrogens is 3. The standard InChI is InChI=1S/C19H22N4OS/c1-13(2)23-18-15(12-22-23)10-16(11-21-18)19(24)20-8-9-25-17-6-4-14(3)5-7-17/h4-7,10-13H,8-9H2,1-3H3,(H,20,24). The second kappa shape index (κ2) is 7.70. The number of hydrogen-bond donors (Lipinski definition) is 1. The van der Waals surface area contributed by atoms with Crippen molar-refractivity contribution in [3.8, 4) is 0 Å². The molecule has 0 saturated heterocycles. The van der Waals surface area contributed by atoms with E-state index in [9.17, 15) is 4.79 Å². The van der Waals surface area contributed by atoms with Crippen LogP contribution in [0.15, 0.2) is 47.6 Å². The van der Waals surface area contributed by atoms with Gasteiger partial charge in [-0.25, -0.2) is 9.67 Å². The van der Waals surface area contributed by atoms with Crippen LogP contribution in [0.25, 0.3) is 11.0 Å². The Kier molecular flexibility index (Phi) is 5.38. The number of nitrogens with one attached hydrogen (secondary N) is 1. The second-order valence-electron chi connectivity index (χ2n) is 6.24. The van der Waals surface area contributed by atoms with Gasteiger partial charge in [0.25, 0.3) is 5.91 Å². The summed E-state index contributed by atoms with van der Waals surface area (Å²) in [5.74, 6) is 0.728. The number of benzene rings is 1. The topological polar surface area (TPSA) is 59.8 Å². The summed E-state index contributed by atoms with van der Waals surface area (Å²) in [6.45, 7) is 6.80. The van der Waals surface area contributed by atoms with Crippen molar-refractivity contribution in [2.45, 2.75) is 31.7 Å². The van der Waals surface area contributed by atoms with Gasteiger partial charge in [0.05, 0.1) is 11.8 Å². The molecule has 130 valence electrons. The third-order valence-corrected chi connectivity index (χ3v) is 4.88. The SMILES string of the molecule is Cc1ccc(SCCNC(=O)c2cnc3c(cnn3C(C)C)c2)cc1. The van der Waals surface area contributed by atoms with Crippen LogP contribution in [0, 0.1) is 6.92 Å². The third-order valence-electron chi connectivity index (χ3n) is 3.86. The van der Waals surface area contributed by atoms with Gasteiger partial charge >= 0.3 is 0 Å². The van der Waals surface area contributed by atoms with Crippen molar-refractivity contribution in [3.05, 3.63) is 53.9 Å². The molecule has 1 amide bonds. The van der Waals surface area contributed by atoms with Crippen LogP contribution in [0.5, 0.6) is 0 Å². The summed E-state index contributed by atoms with van der Waals surface area (Å²) in [5.41, 5.74) is 2.62. The predicted molar refractivity (Wildman–Crippen MR) is 102 cm³/mol. The predicted octanol–water partition coefficient (Wildman–Crippen LogP) is 3.84. The minimum absolute atomic E-state index is 0.101. The van der Waals surface area contributed by atoms with Crippen molar-refractivity contribution in [3.63, 3.8) is 0 Å². The summed E-state index contributed by atoms with van der Waals surface area (Å²) in [5, 5.41) is 8.16. The van der Waals surface area contributed by atoms with E-state index in [0.717, 1.165) is 16.8 Å². The first-order valence-electron chi connectivity index (χ1n) is 8.35. The Balaban J connectivity index is 1.56. The first-order chi connectivity index (χ1) is 12.0. The lowest BCUT2D eigenvalue weighted by atomic mass is 10.2. The largest absolute Gasteiger partial charge is 0.351 e. The van der Waals surface area contributed by atoms with Crippen molar-refractivity contribution >= 4 is 28.7 Å². The summed E-state index contributed by atoms with van der Waals surface area (Å²) in [6, 6.07) is 10.5. The first kappa shape index (κ1) is 17.5. The Morgan fingerprint density at radius 3 is 2.72 bits per heavy atom. The average molecular weight is 354 g/mol. The van der Waals surface area contributed by atoms with Crippen LogP contribution >= 0.6 is 11.8 Å². The molecule has 1 N–H and O–H groups in total. The Morgan fingerprint density at radius 2 is 2.00 bits per heavy atom. The minimum atomic E-state index is -0.101. The lowest BCUT2D eigenvalue weighted by molar-refractivity contribution is 0.0956. The maximum absolute atomic E-state index is 12.3. The van der Waals surface area contributed by atoms with Crippen LogP contribution in [0.2, 0.25) is 0 Å². The molecule has 0 bridgehead atoms. The molecule has 0 fully saturated rings. The summed E-state index contributed by atoms with van der Waals surface area (Å²) in [6.07, 6.45) is 3.37. The molecule has 25 heavy (non-hydrogen) atoms. The van der Waals surface area contributed by atoms with Crippen molar-refractivity contribution in [1.29, 1.82) is 0 Å². The number of rotatable bonds is 6. The number of amides is 1. The van der Waals surface area contributed by atoms with Gasteiger partial charge in [0.2, 0.25) is 0 Å². The van der Waals surface area contributed by atoms with Gasteiger partial charge in [0, 0.05) is 34.8 Å². The normalized spacial score (nSPS) is 11.2. The molecule has 0 aliphatic heterocycles. The van der Waals surface area contributed by atoms with Crippen LogP contribution in [0.4, 0.5) is 0 Å². The summed E-state index contributed by atoms with van der Waals surface area (Å²) < 4.78 is 1.86. The molecule has 0 radical (unpaired) electrons. The molecule has 0 spiro atoms. The Hall–Kier alpha value is -2.34. The van der Waals surface area contributed by atoms with E-state index in [-0.39, 0.29) is 11.9 Å². The quantitative estimate of drug-likeness (QED) is 0.540. The van der Waals surface area contributed by atoms with Gasteiger partial charge in [0.1, 0.15) is 0 Å². The van der Waals surface area contributed by atoms with Crippen LogP contribution in [0.1, 0.15) is 35.8 Å². The average Bonchev–Trinajstić information content (AvgIpc) is 3.03. The fourth-order valence-electron chi connectivity index (χ4n) is 2.51. The van der Waals surface area contributed by atoms with E-state index in [1.807, 2.05) is 10.7 Å². The van der Waals surface area contributed by atoms with Gasteiger partial charge in [-0.15, -0.1) is 11.8 Å². The number of aryl methyl sites for hydroxylation is 1. The van der Waals surface area contributed by atoms with E-state index in [2.05, 4.69) is 60.4 Å². The zero-order chi connectivity index (χ0) is 17.8. The van der Waals surface area contributed by atoms with Gasteiger partial charge in [-0.1, -0.05) is 17.7 Å². The van der Waals surface area contributed by atoms with Gasteiger partial charge in [-0.05, 0) is 39.0 Å². The van der Waals surface area contributed by atoms with E-state index in [0.29, 0.717) is 12.1 Å². The molecule has 0 saturated carbocycles. The van der Waals surface area contributed by atoms with Gasteiger partial charge in [-0.2, -0.15) is 5.10 Å². The van der Waals surface area contributed by atoms with Gasteiger partial charge < -0.3 is 5.32 Å². The molecular formula is C19H22N4OS. The van der Waals surface area contributed by atoms with Crippen LogP contribution in [-0.4, -0.2) is 33.0 Å². The lowest BCUT2D eigenvalue weighted by Gasteiger charge is -2.07. The van der Waals surface area contributed by atoms with E-state index in [1.54, 1.807) is 24.2 Å². The van der Waals surface area contributed by atoms with E-state index in [1.165, 1.54) is 10.5 Å². The Morgan fingerprint density at radius 1 is 1.24 bits per heavy atom. The molecule has 1 aromatic carbocycles. The fourth-order valence-corrected chi connectivity index (χ4v) is 3.28. The highest BCUT2D eigenvalue weighted by molar-refractivity contribution is 7.99. The lowest BCUT2D eigenvalue weighted by Crippen LogP contribution is -2.25. The number of nitrogens with zero attached hydrogens (tertiary/aromatic N) is 3. The van der Waals surface area contributed by atoms with Crippen LogP contribution in [0.3, 0.4) is 0 Å². The highest BCUT2D eigenvalue weighted by Gasteiger charge is 2.11. The van der Waals surface area contributed by atoms with Crippen molar-refractivity contribution in [1.82, 2.24) is 20.1 Å². The first-order valence-corrected chi connectivity index (χ1v) is 9.34. The van der Waals surface area contributed by atoms with Crippen molar-refractivity contribution < 1.29 is 4.79 Å². The maximum Gasteiger partial charge on any atom is 0.252 e. The zero-order valence-corrected chi connectivity index (χ0v) is 15.5. The molecule has 6 heteroatoms. The smallest absolute Gasteiger partial charge is 0.252 e. The van der Waals surface area contributed by atoms with Crippen molar-refractivity contribution in [2.24, 2.45) is 0 Å². The number of pyridine rings is 1. The Labute approximate surface area is 151 Å². The number of carbonyl (C=O) groups excluding carboxylic acids is 1. The monoisotopic (exact) mass is 354 g/mol. The maximum atomic E-state index is 12.3. The number of fused-ring (bicyclic) bond motifs is 1. The van der Waals surface area contributed by atoms with Crippen LogP contribution < -0.4 is 5.32 Å². The summed E-state index contributed by atoms with van der Waals surface area (Å²) >= 11 is 1.73. The molecule has 0 unspecified atom stereocenters. The Bertz CT molecular complexity index is 871. The third kappa shape index (κ3) is 4.20. The van der Waals surface area contributed by atoms with Gasteiger partial charge in [0.15, 0.2) is 5.65 Å². The molecule has 2 heterocycles. The second-order valence-corrected chi connectivity index (χ2v) is 7.41. The number of hydrogen-bond acceptors (Lipinski definition) is 4. The number of carbonyl (C=O) groups is 1. The van der Waals surface area contributed by atoms with Crippen molar-refractivity contribution in [2.75, 3.05) is 12.3 Å². The fraction of sp³-hybridized carbons (Fsp3) is 0.316. The molecule has 0 aliphatic carbocycles.